The van der Waals surface area contributed by atoms with Crippen LogP contribution in [0.1, 0.15) is 6.92 Å². The maximum absolute atomic E-state index is 12.2. The van der Waals surface area contributed by atoms with Crippen LogP contribution in [0.15, 0.2) is 58.6 Å². The van der Waals surface area contributed by atoms with E-state index in [1.54, 1.807) is 50.6 Å². The minimum atomic E-state index is -3.54. The molecular weight excluding hydrogens is 326 g/mol. The predicted molar refractivity (Wildman–Crippen MR) is 93.3 cm³/mol. The fourth-order valence-corrected chi connectivity index (χ4v) is 3.73. The van der Waals surface area contributed by atoms with Crippen molar-refractivity contribution in [2.24, 2.45) is 7.05 Å². The van der Waals surface area contributed by atoms with Gasteiger partial charge in [0, 0.05) is 37.7 Å². The van der Waals surface area contributed by atoms with Gasteiger partial charge in [-0.25, -0.2) is 13.1 Å². The number of aryl methyl sites for hydroxylation is 1. The minimum Gasteiger partial charge on any atom is -0.317 e. The van der Waals surface area contributed by atoms with Gasteiger partial charge in [-0.1, -0.05) is 19.1 Å². The normalized spacial score (nSPS) is 11.8. The minimum absolute atomic E-state index is 0.140. The average Bonchev–Trinajstić information content (AvgIpc) is 2.58. The van der Waals surface area contributed by atoms with Crippen molar-refractivity contribution < 1.29 is 8.42 Å². The van der Waals surface area contributed by atoms with Crippen LogP contribution >= 0.6 is 0 Å². The molecule has 0 aliphatic rings. The molecule has 0 atom stereocenters. The number of hydrogen-bond acceptors (Lipinski definition) is 4. The molecule has 6 nitrogen and oxygen atoms in total. The van der Waals surface area contributed by atoms with Gasteiger partial charge >= 0.3 is 0 Å². The molecule has 0 spiro atoms. The Bertz CT molecular complexity index is 1070. The molecule has 0 saturated heterocycles. The van der Waals surface area contributed by atoms with Crippen molar-refractivity contribution in [3.05, 3.63) is 59.3 Å². The Hall–Kier alpha value is -2.51. The number of nitrogens with zero attached hydrogens (tertiary/aromatic N) is 2. The molecule has 0 saturated carbocycles. The van der Waals surface area contributed by atoms with Crippen LogP contribution in [0.25, 0.3) is 21.9 Å². The second-order valence-electron chi connectivity index (χ2n) is 5.41. The quantitative estimate of drug-likeness (QED) is 0.784. The molecule has 7 heteroatoms. The number of rotatable bonds is 4. The molecule has 3 aromatic rings. The first-order valence-electron chi connectivity index (χ1n) is 7.47. The van der Waals surface area contributed by atoms with Crippen LogP contribution in [0.3, 0.4) is 0 Å². The fraction of sp³-hybridized carbons (Fsp3) is 0.176. The van der Waals surface area contributed by atoms with Crippen LogP contribution in [0.5, 0.6) is 0 Å². The van der Waals surface area contributed by atoms with Gasteiger partial charge < -0.3 is 4.57 Å². The first-order chi connectivity index (χ1) is 11.4. The fourth-order valence-electron chi connectivity index (χ4n) is 2.65. The third kappa shape index (κ3) is 2.83. The third-order valence-electron chi connectivity index (χ3n) is 3.77. The molecule has 0 amide bonds. The molecule has 0 fully saturated rings. The summed E-state index contributed by atoms with van der Waals surface area (Å²) in [7, 11) is -1.88. The lowest BCUT2D eigenvalue weighted by molar-refractivity contribution is 0.584. The first kappa shape index (κ1) is 16.4. The van der Waals surface area contributed by atoms with Gasteiger partial charge in [-0.2, -0.15) is 0 Å². The van der Waals surface area contributed by atoms with Crippen LogP contribution in [-0.4, -0.2) is 24.5 Å². The van der Waals surface area contributed by atoms with Crippen molar-refractivity contribution in [1.82, 2.24) is 14.3 Å². The number of nitrogens with one attached hydrogen (secondary N) is 1. The lowest BCUT2D eigenvalue weighted by atomic mass is 10.0. The van der Waals surface area contributed by atoms with Crippen molar-refractivity contribution in [3.63, 3.8) is 0 Å². The highest BCUT2D eigenvalue weighted by atomic mass is 32.2. The first-order valence-corrected chi connectivity index (χ1v) is 8.96. The van der Waals surface area contributed by atoms with Gasteiger partial charge in [0.05, 0.1) is 10.3 Å². The van der Waals surface area contributed by atoms with Crippen molar-refractivity contribution in [3.8, 4) is 11.1 Å². The van der Waals surface area contributed by atoms with Gasteiger partial charge in [0.25, 0.3) is 5.56 Å². The Balaban J connectivity index is 2.26. The summed E-state index contributed by atoms with van der Waals surface area (Å²) >= 11 is 0. The maximum Gasteiger partial charge on any atom is 0.259 e. The van der Waals surface area contributed by atoms with Crippen molar-refractivity contribution in [2.75, 3.05) is 6.54 Å². The standard InChI is InChI=1S/C17H17N3O3S/c1-3-19-24(22,23)13-6-4-5-12(9-13)16-11-20(2)17(21)15-10-18-8-7-14(15)16/h4-11,19H,3H2,1-2H3. The molecule has 24 heavy (non-hydrogen) atoms. The smallest absolute Gasteiger partial charge is 0.259 e. The lowest BCUT2D eigenvalue weighted by Gasteiger charge is -2.11. The summed E-state index contributed by atoms with van der Waals surface area (Å²) in [4.78, 5) is 16.4. The maximum atomic E-state index is 12.2. The number of pyridine rings is 2. The van der Waals surface area contributed by atoms with Crippen molar-refractivity contribution in [1.29, 1.82) is 0 Å². The van der Waals surface area contributed by atoms with E-state index in [2.05, 4.69) is 9.71 Å². The third-order valence-corrected chi connectivity index (χ3v) is 5.32. The van der Waals surface area contributed by atoms with Crippen molar-refractivity contribution >= 4 is 20.8 Å². The molecule has 0 radical (unpaired) electrons. The number of fused-ring (bicyclic) bond motifs is 1. The second kappa shape index (κ2) is 6.18. The Kier molecular flexibility index (Phi) is 4.21. The van der Waals surface area contributed by atoms with Gasteiger partial charge in [0.15, 0.2) is 0 Å². The van der Waals surface area contributed by atoms with Crippen LogP contribution in [0.2, 0.25) is 0 Å². The molecule has 1 N–H and O–H groups in total. The molecule has 0 unspecified atom stereocenters. The van der Waals surface area contributed by atoms with Gasteiger partial charge in [0.1, 0.15) is 0 Å². The Labute approximate surface area is 139 Å². The summed E-state index contributed by atoms with van der Waals surface area (Å²) in [6.07, 6.45) is 4.86. The van der Waals surface area contributed by atoms with E-state index >= 15 is 0 Å². The molecule has 124 valence electrons. The van der Waals surface area contributed by atoms with E-state index in [1.807, 2.05) is 6.07 Å². The lowest BCUT2D eigenvalue weighted by Crippen LogP contribution is -2.23. The van der Waals surface area contributed by atoms with Crippen LogP contribution in [-0.2, 0) is 17.1 Å². The zero-order valence-electron chi connectivity index (χ0n) is 13.4. The Morgan fingerprint density at radius 3 is 2.75 bits per heavy atom. The van der Waals surface area contributed by atoms with Crippen LogP contribution in [0, 0.1) is 0 Å². The highest BCUT2D eigenvalue weighted by molar-refractivity contribution is 7.89. The number of hydrogen-bond donors (Lipinski definition) is 1. The summed E-state index contributed by atoms with van der Waals surface area (Å²) in [5.74, 6) is 0. The van der Waals surface area contributed by atoms with E-state index in [1.165, 1.54) is 10.8 Å². The summed E-state index contributed by atoms with van der Waals surface area (Å²) in [5.41, 5.74) is 1.36. The summed E-state index contributed by atoms with van der Waals surface area (Å²) < 4.78 is 28.4. The molecular formula is C17H17N3O3S. The molecule has 0 aliphatic heterocycles. The zero-order valence-corrected chi connectivity index (χ0v) is 14.2. The predicted octanol–water partition coefficient (Wildman–Crippen LogP) is 1.90. The van der Waals surface area contributed by atoms with E-state index < -0.39 is 10.0 Å². The summed E-state index contributed by atoms with van der Waals surface area (Å²) in [6.45, 7) is 2.05. The second-order valence-corrected chi connectivity index (χ2v) is 7.18. The summed E-state index contributed by atoms with van der Waals surface area (Å²) in [5, 5.41) is 1.24. The molecule has 3 rings (SSSR count). The van der Waals surface area contributed by atoms with Gasteiger partial charge in [-0.05, 0) is 29.1 Å². The zero-order chi connectivity index (χ0) is 17.3. The topological polar surface area (TPSA) is 81.1 Å². The van der Waals surface area contributed by atoms with E-state index in [-0.39, 0.29) is 10.5 Å². The van der Waals surface area contributed by atoms with E-state index in [9.17, 15) is 13.2 Å². The van der Waals surface area contributed by atoms with Crippen molar-refractivity contribution in [2.45, 2.75) is 11.8 Å². The van der Waals surface area contributed by atoms with Crippen LogP contribution in [0.4, 0.5) is 0 Å². The molecule has 2 heterocycles. The number of aromatic nitrogens is 2. The highest BCUT2D eigenvalue weighted by Gasteiger charge is 2.15. The van der Waals surface area contributed by atoms with Gasteiger partial charge in [-0.3, -0.25) is 9.78 Å². The van der Waals surface area contributed by atoms with E-state index in [4.69, 9.17) is 0 Å². The van der Waals surface area contributed by atoms with Gasteiger partial charge in [0.2, 0.25) is 10.0 Å². The van der Waals surface area contributed by atoms with E-state index in [0.29, 0.717) is 11.9 Å². The SMILES string of the molecule is CCNS(=O)(=O)c1cccc(-c2cn(C)c(=O)c3cnccc23)c1. The summed E-state index contributed by atoms with van der Waals surface area (Å²) in [6, 6.07) is 8.44. The Morgan fingerprint density at radius 2 is 2.00 bits per heavy atom. The largest absolute Gasteiger partial charge is 0.317 e. The van der Waals surface area contributed by atoms with Crippen LogP contribution < -0.4 is 10.3 Å². The molecule has 2 aromatic heterocycles. The van der Waals surface area contributed by atoms with Gasteiger partial charge in [-0.15, -0.1) is 0 Å². The Morgan fingerprint density at radius 1 is 1.21 bits per heavy atom. The molecule has 0 bridgehead atoms. The molecule has 1 aromatic carbocycles. The highest BCUT2D eigenvalue weighted by Crippen LogP contribution is 2.27. The average molecular weight is 343 g/mol. The number of sulfonamides is 1. The molecule has 0 aliphatic carbocycles. The number of benzene rings is 1. The van der Waals surface area contributed by atoms with E-state index in [0.717, 1.165) is 16.5 Å². The monoisotopic (exact) mass is 343 g/mol.